The molecule has 3 rings (SSSR count). The molecule has 1 aromatic heterocycles. The minimum Gasteiger partial charge on any atom is -0.368 e. The third-order valence-corrected chi connectivity index (χ3v) is 4.56. The number of nitrogens with zero attached hydrogens (tertiary/aromatic N) is 4. The summed E-state index contributed by atoms with van der Waals surface area (Å²) < 4.78 is 0. The number of nitro groups is 1. The van der Waals surface area contributed by atoms with Crippen molar-refractivity contribution in [2.45, 2.75) is 32.1 Å². The van der Waals surface area contributed by atoms with Crippen molar-refractivity contribution < 1.29 is 4.92 Å². The Morgan fingerprint density at radius 1 is 1.30 bits per heavy atom. The Morgan fingerprint density at radius 3 is 2.80 bits per heavy atom. The molecular formula is C13H19N5O2. The Bertz CT molecular complexity index is 521. The predicted molar refractivity (Wildman–Crippen MR) is 75.4 cm³/mol. The van der Waals surface area contributed by atoms with Crippen molar-refractivity contribution in [1.29, 1.82) is 0 Å². The van der Waals surface area contributed by atoms with Gasteiger partial charge in [0.2, 0.25) is 11.8 Å². The quantitative estimate of drug-likeness (QED) is 0.655. The molecule has 1 aromatic rings. The standard InChI is InChI=1S/C13H19N5O2/c14-13-15-7-11(18(19)20)12(16-13)17-6-5-9-3-1-2-4-10(9)8-17/h7,9-10H,1-6,8H2,(H2,14,15,16). The number of hydrogen-bond acceptors (Lipinski definition) is 6. The van der Waals surface area contributed by atoms with Crippen molar-refractivity contribution in [3.8, 4) is 0 Å². The Morgan fingerprint density at radius 2 is 2.05 bits per heavy atom. The lowest BCUT2D eigenvalue weighted by atomic mass is 9.75. The molecular weight excluding hydrogens is 258 g/mol. The van der Waals surface area contributed by atoms with Gasteiger partial charge >= 0.3 is 5.69 Å². The van der Waals surface area contributed by atoms with Crippen molar-refractivity contribution in [3.63, 3.8) is 0 Å². The number of nitrogen functional groups attached to an aromatic ring is 1. The molecule has 0 spiro atoms. The summed E-state index contributed by atoms with van der Waals surface area (Å²) in [5.41, 5.74) is 5.55. The Labute approximate surface area is 117 Å². The van der Waals surface area contributed by atoms with Crippen LogP contribution < -0.4 is 10.6 Å². The van der Waals surface area contributed by atoms with E-state index in [1.54, 1.807) is 0 Å². The van der Waals surface area contributed by atoms with Crippen molar-refractivity contribution in [3.05, 3.63) is 16.3 Å². The highest BCUT2D eigenvalue weighted by molar-refractivity contribution is 5.58. The second-order valence-electron chi connectivity index (χ2n) is 5.73. The van der Waals surface area contributed by atoms with Crippen LogP contribution in [0.15, 0.2) is 6.20 Å². The first kappa shape index (κ1) is 13.1. The lowest BCUT2D eigenvalue weighted by Gasteiger charge is -2.41. The van der Waals surface area contributed by atoms with Gasteiger partial charge in [0, 0.05) is 13.1 Å². The number of rotatable bonds is 2. The van der Waals surface area contributed by atoms with Gasteiger partial charge in [-0.1, -0.05) is 19.3 Å². The maximum atomic E-state index is 11.1. The lowest BCUT2D eigenvalue weighted by molar-refractivity contribution is -0.384. The summed E-state index contributed by atoms with van der Waals surface area (Å²) in [6.45, 7) is 1.67. The number of piperidine rings is 1. The maximum absolute atomic E-state index is 11.1. The second-order valence-corrected chi connectivity index (χ2v) is 5.73. The van der Waals surface area contributed by atoms with Gasteiger partial charge in [0.1, 0.15) is 6.20 Å². The van der Waals surface area contributed by atoms with Gasteiger partial charge in [-0.15, -0.1) is 0 Å². The van der Waals surface area contributed by atoms with Crippen LogP contribution in [0.2, 0.25) is 0 Å². The van der Waals surface area contributed by atoms with Crippen LogP contribution in [0.1, 0.15) is 32.1 Å². The first-order valence-electron chi connectivity index (χ1n) is 7.17. The highest BCUT2D eigenvalue weighted by Crippen LogP contribution is 2.38. The smallest absolute Gasteiger partial charge is 0.329 e. The van der Waals surface area contributed by atoms with Crippen molar-refractivity contribution in [2.24, 2.45) is 11.8 Å². The van der Waals surface area contributed by atoms with Crippen LogP contribution in [0.5, 0.6) is 0 Å². The number of hydrogen-bond donors (Lipinski definition) is 1. The fourth-order valence-corrected chi connectivity index (χ4v) is 3.53. The number of fused-ring (bicyclic) bond motifs is 1. The summed E-state index contributed by atoms with van der Waals surface area (Å²) in [6.07, 6.45) is 7.41. The zero-order valence-electron chi connectivity index (χ0n) is 11.4. The Balaban J connectivity index is 1.85. The van der Waals surface area contributed by atoms with E-state index in [2.05, 4.69) is 9.97 Å². The Kier molecular flexibility index (Phi) is 3.42. The molecule has 0 radical (unpaired) electrons. The molecule has 2 atom stereocenters. The minimum absolute atomic E-state index is 0.0477. The van der Waals surface area contributed by atoms with E-state index < -0.39 is 4.92 Å². The summed E-state index contributed by atoms with van der Waals surface area (Å²) in [7, 11) is 0. The molecule has 0 aromatic carbocycles. The Hall–Kier alpha value is -1.92. The summed E-state index contributed by atoms with van der Waals surface area (Å²) >= 11 is 0. The summed E-state index contributed by atoms with van der Waals surface area (Å²) in [6, 6.07) is 0. The van der Waals surface area contributed by atoms with E-state index in [0.29, 0.717) is 11.7 Å². The summed E-state index contributed by atoms with van der Waals surface area (Å²) in [5.74, 6) is 1.88. The first-order valence-corrected chi connectivity index (χ1v) is 7.17. The van der Waals surface area contributed by atoms with Gasteiger partial charge in [-0.25, -0.2) is 4.98 Å². The monoisotopic (exact) mass is 277 g/mol. The molecule has 1 aliphatic carbocycles. The van der Waals surface area contributed by atoms with Crippen LogP contribution in [0.25, 0.3) is 0 Å². The zero-order chi connectivity index (χ0) is 14.1. The molecule has 0 amide bonds. The average molecular weight is 277 g/mol. The second kappa shape index (κ2) is 5.22. The van der Waals surface area contributed by atoms with Gasteiger partial charge in [-0.3, -0.25) is 10.1 Å². The highest BCUT2D eigenvalue weighted by Gasteiger charge is 2.34. The van der Waals surface area contributed by atoms with E-state index in [-0.39, 0.29) is 11.6 Å². The van der Waals surface area contributed by atoms with Crippen molar-refractivity contribution >= 4 is 17.5 Å². The number of aromatic nitrogens is 2. The molecule has 0 bridgehead atoms. The molecule has 108 valence electrons. The summed E-state index contributed by atoms with van der Waals surface area (Å²) in [4.78, 5) is 20.5. The molecule has 1 saturated heterocycles. The minimum atomic E-state index is -0.429. The SMILES string of the molecule is Nc1ncc([N+](=O)[O-])c(N2CCC3CCCCC3C2)n1. The van der Waals surface area contributed by atoms with Crippen LogP contribution in [-0.4, -0.2) is 28.0 Å². The van der Waals surface area contributed by atoms with Gasteiger partial charge in [0.25, 0.3) is 0 Å². The molecule has 7 heteroatoms. The fourth-order valence-electron chi connectivity index (χ4n) is 3.53. The van der Waals surface area contributed by atoms with E-state index >= 15 is 0 Å². The number of nitrogens with two attached hydrogens (primary N) is 1. The molecule has 20 heavy (non-hydrogen) atoms. The van der Waals surface area contributed by atoms with Crippen LogP contribution in [0.3, 0.4) is 0 Å². The average Bonchev–Trinajstić information content (AvgIpc) is 2.46. The molecule has 2 aliphatic rings. The third kappa shape index (κ3) is 2.39. The maximum Gasteiger partial charge on any atom is 0.329 e. The summed E-state index contributed by atoms with van der Waals surface area (Å²) in [5, 5.41) is 11.1. The predicted octanol–water partition coefficient (Wildman–Crippen LogP) is 1.98. The van der Waals surface area contributed by atoms with Crippen LogP contribution in [0.4, 0.5) is 17.5 Å². The van der Waals surface area contributed by atoms with Gasteiger partial charge in [-0.05, 0) is 24.7 Å². The normalized spacial score (nSPS) is 26.1. The van der Waals surface area contributed by atoms with E-state index in [1.165, 1.54) is 31.9 Å². The lowest BCUT2D eigenvalue weighted by Crippen LogP contribution is -2.42. The molecule has 2 N–H and O–H groups in total. The first-order chi connectivity index (χ1) is 9.65. The van der Waals surface area contributed by atoms with E-state index in [1.807, 2.05) is 4.90 Å². The van der Waals surface area contributed by atoms with E-state index in [9.17, 15) is 10.1 Å². The van der Waals surface area contributed by atoms with Gasteiger partial charge in [-0.2, -0.15) is 4.98 Å². The van der Waals surface area contributed by atoms with Gasteiger partial charge in [0.15, 0.2) is 0 Å². The molecule has 1 saturated carbocycles. The topological polar surface area (TPSA) is 98.2 Å². The zero-order valence-corrected chi connectivity index (χ0v) is 11.4. The number of anilines is 2. The van der Waals surface area contributed by atoms with E-state index in [0.717, 1.165) is 25.4 Å². The highest BCUT2D eigenvalue weighted by atomic mass is 16.6. The molecule has 7 nitrogen and oxygen atoms in total. The van der Waals surface area contributed by atoms with Crippen LogP contribution in [-0.2, 0) is 0 Å². The third-order valence-electron chi connectivity index (χ3n) is 4.56. The van der Waals surface area contributed by atoms with Crippen LogP contribution in [0, 0.1) is 22.0 Å². The molecule has 2 unspecified atom stereocenters. The van der Waals surface area contributed by atoms with E-state index in [4.69, 9.17) is 5.73 Å². The molecule has 2 heterocycles. The fraction of sp³-hybridized carbons (Fsp3) is 0.692. The largest absolute Gasteiger partial charge is 0.368 e. The van der Waals surface area contributed by atoms with Gasteiger partial charge < -0.3 is 10.6 Å². The van der Waals surface area contributed by atoms with Crippen molar-refractivity contribution in [1.82, 2.24) is 9.97 Å². The van der Waals surface area contributed by atoms with Gasteiger partial charge in [0.05, 0.1) is 4.92 Å². The van der Waals surface area contributed by atoms with Crippen LogP contribution >= 0.6 is 0 Å². The molecule has 1 aliphatic heterocycles. The van der Waals surface area contributed by atoms with Crippen molar-refractivity contribution in [2.75, 3.05) is 23.7 Å². The molecule has 2 fully saturated rings.